The second kappa shape index (κ2) is 9.46. The zero-order chi connectivity index (χ0) is 20.8. The van der Waals surface area contributed by atoms with Gasteiger partial charge in [0.15, 0.2) is 6.61 Å². The highest BCUT2D eigenvalue weighted by atomic mass is 35.5. The van der Waals surface area contributed by atoms with Crippen LogP contribution in [0.5, 0.6) is 5.88 Å². The molecule has 0 atom stereocenters. The summed E-state index contributed by atoms with van der Waals surface area (Å²) < 4.78 is 29.3. The van der Waals surface area contributed by atoms with E-state index in [2.05, 4.69) is 26.3 Å². The molecule has 1 N–H and O–H groups in total. The van der Waals surface area contributed by atoms with Crippen molar-refractivity contribution in [2.45, 2.75) is 25.9 Å². The number of anilines is 1. The van der Waals surface area contributed by atoms with Crippen molar-refractivity contribution in [2.75, 3.05) is 25.0 Å². The Balaban J connectivity index is 1.74. The van der Waals surface area contributed by atoms with Crippen molar-refractivity contribution >= 4 is 17.4 Å². The van der Waals surface area contributed by atoms with E-state index in [1.54, 1.807) is 18.3 Å². The summed E-state index contributed by atoms with van der Waals surface area (Å²) in [6.45, 7) is 1.17. The van der Waals surface area contributed by atoms with E-state index in [4.69, 9.17) is 21.6 Å². The minimum atomic E-state index is -2.55. The van der Waals surface area contributed by atoms with E-state index in [-0.39, 0.29) is 17.6 Å². The summed E-state index contributed by atoms with van der Waals surface area (Å²) in [5.74, 6) is 0.684. The van der Waals surface area contributed by atoms with Gasteiger partial charge in [-0.2, -0.15) is 10.5 Å². The van der Waals surface area contributed by atoms with E-state index in [0.717, 1.165) is 16.7 Å². The number of pyridine rings is 2. The molecule has 2 aromatic rings. The van der Waals surface area contributed by atoms with Crippen molar-refractivity contribution < 1.29 is 13.5 Å². The van der Waals surface area contributed by atoms with Crippen LogP contribution in [0.25, 0.3) is 0 Å². The van der Waals surface area contributed by atoms with Gasteiger partial charge in [-0.25, -0.2) is 18.7 Å². The van der Waals surface area contributed by atoms with Gasteiger partial charge in [0.25, 0.3) is 6.43 Å². The highest BCUT2D eigenvalue weighted by Gasteiger charge is 2.25. The van der Waals surface area contributed by atoms with E-state index in [9.17, 15) is 14.0 Å². The summed E-state index contributed by atoms with van der Waals surface area (Å²) in [6, 6.07) is 7.45. The number of halogens is 3. The zero-order valence-corrected chi connectivity index (χ0v) is 16.1. The molecule has 7 nitrogen and oxygen atoms in total. The Labute approximate surface area is 171 Å². The second-order valence-corrected chi connectivity index (χ2v) is 6.73. The molecule has 0 radical (unpaired) electrons. The number of nitriles is 2. The topological polar surface area (TPSA) is 97.9 Å². The number of hydrogen-bond acceptors (Lipinski definition) is 7. The second-order valence-electron chi connectivity index (χ2n) is 6.37. The van der Waals surface area contributed by atoms with Gasteiger partial charge in [-0.05, 0) is 17.5 Å². The molecule has 29 heavy (non-hydrogen) atoms. The molecule has 1 aliphatic rings. The Morgan fingerprint density at radius 1 is 1.31 bits per heavy atom. The van der Waals surface area contributed by atoms with E-state index < -0.39 is 13.0 Å². The predicted octanol–water partition coefficient (Wildman–Crippen LogP) is 3.14. The molecule has 0 saturated heterocycles. The first-order valence-electron chi connectivity index (χ1n) is 8.82. The third-order valence-corrected chi connectivity index (χ3v) is 4.71. The monoisotopic (exact) mass is 418 g/mol. The number of ether oxygens (including phenoxy) is 1. The summed E-state index contributed by atoms with van der Waals surface area (Å²) in [5.41, 5.74) is 2.91. The number of nitrogens with zero attached hydrogens (tertiary/aromatic N) is 5. The number of alkyl halides is 2. The lowest BCUT2D eigenvalue weighted by Gasteiger charge is -2.30. The summed E-state index contributed by atoms with van der Waals surface area (Å²) in [6.07, 6.45) is -0.320. The van der Waals surface area contributed by atoms with Gasteiger partial charge in [0.1, 0.15) is 23.6 Å². The lowest BCUT2D eigenvalue weighted by atomic mass is 9.96. The van der Waals surface area contributed by atoms with Gasteiger partial charge in [-0.1, -0.05) is 17.7 Å². The molecule has 0 aromatic carbocycles. The summed E-state index contributed by atoms with van der Waals surface area (Å²) >= 11 is 6.17. The Kier molecular flexibility index (Phi) is 6.76. The lowest BCUT2D eigenvalue weighted by Crippen LogP contribution is -2.31. The zero-order valence-electron chi connectivity index (χ0n) is 15.3. The third-order valence-electron chi connectivity index (χ3n) is 4.44. The largest absolute Gasteiger partial charge is 0.472 e. The maximum Gasteiger partial charge on any atom is 0.272 e. The SMILES string of the molecule is N#CCNc1nc(Cl)c(C#N)c2c1CCN(Cc1ccc(OCC(F)F)nc1)C2. The van der Waals surface area contributed by atoms with Crippen LogP contribution in [0, 0.1) is 22.7 Å². The Morgan fingerprint density at radius 2 is 2.14 bits per heavy atom. The standard InChI is InChI=1S/C19H17ClF2N6O/c20-18-14(7-24)15-10-28(6-3-13(15)19(27-18)25-5-4-23)9-12-1-2-17(26-8-12)29-11-16(21)22/h1-2,8,16H,3,5-6,9-11H2,(H,25,27). The van der Waals surface area contributed by atoms with Crippen molar-refractivity contribution in [3.63, 3.8) is 0 Å². The predicted molar refractivity (Wildman–Crippen MR) is 102 cm³/mol. The molecule has 2 aromatic heterocycles. The summed E-state index contributed by atoms with van der Waals surface area (Å²) in [7, 11) is 0. The first kappa shape index (κ1) is 20.7. The maximum atomic E-state index is 12.2. The normalized spacial score (nSPS) is 13.4. The van der Waals surface area contributed by atoms with Crippen molar-refractivity contribution in [2.24, 2.45) is 0 Å². The molecule has 10 heteroatoms. The smallest absolute Gasteiger partial charge is 0.272 e. The molecule has 150 valence electrons. The number of rotatable bonds is 7. The van der Waals surface area contributed by atoms with Crippen molar-refractivity contribution in [1.29, 1.82) is 10.5 Å². The molecule has 1 aliphatic heterocycles. The van der Waals surface area contributed by atoms with Gasteiger partial charge in [-0.3, -0.25) is 4.90 Å². The van der Waals surface area contributed by atoms with Gasteiger partial charge in [0.2, 0.25) is 5.88 Å². The highest BCUT2D eigenvalue weighted by molar-refractivity contribution is 6.30. The van der Waals surface area contributed by atoms with E-state index in [0.29, 0.717) is 37.4 Å². The maximum absolute atomic E-state index is 12.2. The molecule has 3 heterocycles. The summed E-state index contributed by atoms with van der Waals surface area (Å²) in [4.78, 5) is 10.4. The van der Waals surface area contributed by atoms with Crippen LogP contribution in [-0.2, 0) is 19.5 Å². The van der Waals surface area contributed by atoms with Gasteiger partial charge in [0.05, 0.1) is 11.6 Å². The molecular formula is C19H17ClF2N6O. The third kappa shape index (κ3) is 5.08. The Bertz CT molecular complexity index is 955. The van der Waals surface area contributed by atoms with Gasteiger partial charge >= 0.3 is 0 Å². The van der Waals surface area contributed by atoms with Crippen molar-refractivity contribution in [3.05, 3.63) is 45.7 Å². The fourth-order valence-corrected chi connectivity index (χ4v) is 3.41. The first-order chi connectivity index (χ1) is 14.0. The van der Waals surface area contributed by atoms with Crippen molar-refractivity contribution in [1.82, 2.24) is 14.9 Å². The van der Waals surface area contributed by atoms with Crippen LogP contribution in [0.4, 0.5) is 14.6 Å². The minimum Gasteiger partial charge on any atom is -0.472 e. The molecule has 0 fully saturated rings. The minimum absolute atomic E-state index is 0.0943. The van der Waals surface area contributed by atoms with Gasteiger partial charge in [-0.15, -0.1) is 0 Å². The molecule has 0 unspecified atom stereocenters. The van der Waals surface area contributed by atoms with Gasteiger partial charge in [0, 0.05) is 37.5 Å². The average Bonchev–Trinajstić information content (AvgIpc) is 2.71. The molecule has 0 aliphatic carbocycles. The van der Waals surface area contributed by atoms with Crippen LogP contribution in [0.3, 0.4) is 0 Å². The summed E-state index contributed by atoms with van der Waals surface area (Å²) in [5, 5.41) is 21.3. The van der Waals surface area contributed by atoms with Crippen LogP contribution in [0.1, 0.15) is 22.3 Å². The lowest BCUT2D eigenvalue weighted by molar-refractivity contribution is 0.0795. The number of nitrogens with one attached hydrogen (secondary N) is 1. The molecule has 0 saturated carbocycles. The van der Waals surface area contributed by atoms with Gasteiger partial charge < -0.3 is 10.1 Å². The van der Waals surface area contributed by atoms with Crippen LogP contribution in [-0.4, -0.2) is 41.0 Å². The van der Waals surface area contributed by atoms with Crippen LogP contribution >= 0.6 is 11.6 Å². The van der Waals surface area contributed by atoms with E-state index in [1.807, 2.05) is 6.07 Å². The Morgan fingerprint density at radius 3 is 2.79 bits per heavy atom. The van der Waals surface area contributed by atoms with Crippen molar-refractivity contribution in [3.8, 4) is 18.0 Å². The molecular weight excluding hydrogens is 402 g/mol. The number of fused-ring (bicyclic) bond motifs is 1. The van der Waals surface area contributed by atoms with Crippen LogP contribution in [0.2, 0.25) is 5.15 Å². The molecule has 0 bridgehead atoms. The molecule has 0 spiro atoms. The molecule has 3 rings (SSSR count). The fraction of sp³-hybridized carbons (Fsp3) is 0.368. The highest BCUT2D eigenvalue weighted by Crippen LogP contribution is 2.32. The van der Waals surface area contributed by atoms with E-state index in [1.165, 1.54) is 0 Å². The Hall–Kier alpha value is -3.01. The quantitative estimate of drug-likeness (QED) is 0.544. The molecule has 0 amide bonds. The van der Waals surface area contributed by atoms with Crippen LogP contribution in [0.15, 0.2) is 18.3 Å². The average molecular weight is 419 g/mol. The first-order valence-corrected chi connectivity index (χ1v) is 9.20. The number of aromatic nitrogens is 2. The van der Waals surface area contributed by atoms with Crippen LogP contribution < -0.4 is 10.1 Å². The fourth-order valence-electron chi connectivity index (χ4n) is 3.17. The van der Waals surface area contributed by atoms with E-state index >= 15 is 0 Å². The number of hydrogen-bond donors (Lipinski definition) is 1.